The predicted molar refractivity (Wildman–Crippen MR) is 86.9 cm³/mol. The van der Waals surface area contributed by atoms with Crippen LogP contribution in [0.3, 0.4) is 0 Å². The molecule has 1 atom stereocenters. The zero-order valence-corrected chi connectivity index (χ0v) is 12.7. The Morgan fingerprint density at radius 2 is 2.18 bits per heavy atom. The van der Waals surface area contributed by atoms with Crippen molar-refractivity contribution < 1.29 is 5.11 Å². The maximum atomic E-state index is 9.45. The SMILES string of the molecule is CCC(CO)Nc1cc(C)c(C#N)c2nc3ccccc3n12. The van der Waals surface area contributed by atoms with E-state index in [1.165, 1.54) is 0 Å². The molecule has 0 aliphatic carbocycles. The monoisotopic (exact) mass is 294 g/mol. The molecule has 5 nitrogen and oxygen atoms in total. The van der Waals surface area contributed by atoms with Gasteiger partial charge in [-0.1, -0.05) is 19.1 Å². The third-order valence-electron chi connectivity index (χ3n) is 3.95. The zero-order chi connectivity index (χ0) is 15.7. The molecule has 0 saturated heterocycles. The van der Waals surface area contributed by atoms with Crippen LogP contribution < -0.4 is 5.32 Å². The van der Waals surface area contributed by atoms with Crippen LogP contribution in [-0.2, 0) is 0 Å². The second kappa shape index (κ2) is 5.66. The highest BCUT2D eigenvalue weighted by molar-refractivity contribution is 5.85. The molecule has 0 spiro atoms. The van der Waals surface area contributed by atoms with Gasteiger partial charge in [0.05, 0.1) is 29.2 Å². The van der Waals surface area contributed by atoms with Crippen molar-refractivity contribution in [1.29, 1.82) is 5.26 Å². The van der Waals surface area contributed by atoms with Crippen molar-refractivity contribution in [3.8, 4) is 6.07 Å². The Hall–Kier alpha value is -2.58. The molecule has 2 heterocycles. The van der Waals surface area contributed by atoms with Crippen LogP contribution in [0.5, 0.6) is 0 Å². The number of aliphatic hydroxyl groups excluding tert-OH is 1. The molecule has 0 amide bonds. The van der Waals surface area contributed by atoms with Crippen LogP contribution in [0.1, 0.15) is 24.5 Å². The third kappa shape index (κ3) is 2.18. The number of nitriles is 1. The van der Waals surface area contributed by atoms with Crippen molar-refractivity contribution in [2.75, 3.05) is 11.9 Å². The standard InChI is InChI=1S/C17H18N4O/c1-3-12(10-22)19-16-8-11(2)13(9-18)17-20-14-6-4-5-7-15(14)21(16)17/h4-8,12,19,22H,3,10H2,1-2H3. The van der Waals surface area contributed by atoms with E-state index in [4.69, 9.17) is 0 Å². The number of aryl methyl sites for hydroxylation is 1. The van der Waals surface area contributed by atoms with Gasteiger partial charge in [0.15, 0.2) is 5.65 Å². The molecular formula is C17H18N4O. The smallest absolute Gasteiger partial charge is 0.157 e. The first-order valence-corrected chi connectivity index (χ1v) is 7.37. The number of fused-ring (bicyclic) bond motifs is 3. The molecule has 112 valence electrons. The summed E-state index contributed by atoms with van der Waals surface area (Å²) in [4.78, 5) is 4.60. The Labute approximate surface area is 128 Å². The minimum Gasteiger partial charge on any atom is -0.394 e. The molecule has 5 heteroatoms. The highest BCUT2D eigenvalue weighted by atomic mass is 16.3. The minimum atomic E-state index is -0.0308. The molecule has 0 saturated carbocycles. The molecule has 3 aromatic rings. The van der Waals surface area contributed by atoms with E-state index in [2.05, 4.69) is 16.4 Å². The first-order valence-electron chi connectivity index (χ1n) is 7.37. The van der Waals surface area contributed by atoms with Gasteiger partial charge in [-0.2, -0.15) is 5.26 Å². The quantitative estimate of drug-likeness (QED) is 0.776. The van der Waals surface area contributed by atoms with E-state index < -0.39 is 0 Å². The number of imidazole rings is 1. The van der Waals surface area contributed by atoms with E-state index in [9.17, 15) is 10.4 Å². The lowest BCUT2D eigenvalue weighted by atomic mass is 10.1. The fraction of sp³-hybridized carbons (Fsp3) is 0.294. The van der Waals surface area contributed by atoms with Crippen LogP contribution in [0.15, 0.2) is 30.3 Å². The Kier molecular flexibility index (Phi) is 3.70. The number of anilines is 1. The van der Waals surface area contributed by atoms with Crippen LogP contribution in [-0.4, -0.2) is 27.1 Å². The van der Waals surface area contributed by atoms with E-state index in [-0.39, 0.29) is 12.6 Å². The van der Waals surface area contributed by atoms with Crippen molar-refractivity contribution in [1.82, 2.24) is 9.38 Å². The van der Waals surface area contributed by atoms with E-state index >= 15 is 0 Å². The van der Waals surface area contributed by atoms with Crippen molar-refractivity contribution >= 4 is 22.5 Å². The average molecular weight is 294 g/mol. The first kappa shape index (κ1) is 14.4. The summed E-state index contributed by atoms with van der Waals surface area (Å²) < 4.78 is 1.96. The Balaban J connectivity index is 2.34. The molecule has 1 unspecified atom stereocenters. The van der Waals surface area contributed by atoms with E-state index in [1.54, 1.807) is 0 Å². The third-order valence-corrected chi connectivity index (χ3v) is 3.95. The highest BCUT2D eigenvalue weighted by Crippen LogP contribution is 2.27. The summed E-state index contributed by atoms with van der Waals surface area (Å²) in [5.74, 6) is 0.848. The Bertz CT molecular complexity index is 872. The fourth-order valence-corrected chi connectivity index (χ4v) is 2.69. The number of hydrogen-bond acceptors (Lipinski definition) is 4. The second-order valence-corrected chi connectivity index (χ2v) is 5.39. The van der Waals surface area contributed by atoms with Gasteiger partial charge in [-0.3, -0.25) is 4.40 Å². The van der Waals surface area contributed by atoms with Crippen LogP contribution in [0, 0.1) is 18.3 Å². The van der Waals surface area contributed by atoms with Crippen LogP contribution in [0.2, 0.25) is 0 Å². The molecule has 2 aromatic heterocycles. The van der Waals surface area contributed by atoms with Gasteiger partial charge in [-0.25, -0.2) is 4.98 Å². The van der Waals surface area contributed by atoms with Crippen LogP contribution >= 0.6 is 0 Å². The van der Waals surface area contributed by atoms with E-state index in [1.807, 2.05) is 48.6 Å². The minimum absolute atomic E-state index is 0.0308. The molecule has 1 aromatic carbocycles. The van der Waals surface area contributed by atoms with Crippen molar-refractivity contribution in [3.05, 3.63) is 41.5 Å². The Morgan fingerprint density at radius 3 is 2.86 bits per heavy atom. The van der Waals surface area contributed by atoms with Gasteiger partial charge in [-0.05, 0) is 37.1 Å². The van der Waals surface area contributed by atoms with Crippen molar-refractivity contribution in [3.63, 3.8) is 0 Å². The molecule has 0 aliphatic heterocycles. The molecular weight excluding hydrogens is 276 g/mol. The van der Waals surface area contributed by atoms with Gasteiger partial charge in [0.2, 0.25) is 0 Å². The number of rotatable bonds is 4. The van der Waals surface area contributed by atoms with Crippen LogP contribution in [0.4, 0.5) is 5.82 Å². The normalized spacial score (nSPS) is 12.5. The zero-order valence-electron chi connectivity index (χ0n) is 12.7. The van der Waals surface area contributed by atoms with Gasteiger partial charge in [0.1, 0.15) is 11.9 Å². The lowest BCUT2D eigenvalue weighted by Crippen LogP contribution is -2.24. The topological polar surface area (TPSA) is 73.3 Å². The van der Waals surface area contributed by atoms with E-state index in [0.717, 1.165) is 28.8 Å². The van der Waals surface area contributed by atoms with Crippen LogP contribution in [0.25, 0.3) is 16.7 Å². The van der Waals surface area contributed by atoms with Gasteiger partial charge in [0, 0.05) is 0 Å². The average Bonchev–Trinajstić information content (AvgIpc) is 2.91. The number of hydrogen-bond donors (Lipinski definition) is 2. The maximum absolute atomic E-state index is 9.45. The number of pyridine rings is 1. The molecule has 3 rings (SSSR count). The number of benzene rings is 1. The van der Waals surface area contributed by atoms with Gasteiger partial charge in [-0.15, -0.1) is 0 Å². The van der Waals surface area contributed by atoms with Crippen molar-refractivity contribution in [2.45, 2.75) is 26.3 Å². The molecule has 0 radical (unpaired) electrons. The summed E-state index contributed by atoms with van der Waals surface area (Å²) in [5.41, 5.74) is 3.91. The number of aliphatic hydroxyl groups is 1. The lowest BCUT2D eigenvalue weighted by molar-refractivity contribution is 0.271. The number of nitrogens with zero attached hydrogens (tertiary/aromatic N) is 3. The number of nitrogens with one attached hydrogen (secondary N) is 1. The molecule has 22 heavy (non-hydrogen) atoms. The van der Waals surface area contributed by atoms with E-state index in [0.29, 0.717) is 11.2 Å². The highest BCUT2D eigenvalue weighted by Gasteiger charge is 2.16. The summed E-state index contributed by atoms with van der Waals surface area (Å²) in [6, 6.07) is 12.0. The molecule has 0 fully saturated rings. The maximum Gasteiger partial charge on any atom is 0.157 e. The van der Waals surface area contributed by atoms with Gasteiger partial charge >= 0.3 is 0 Å². The lowest BCUT2D eigenvalue weighted by Gasteiger charge is -2.18. The van der Waals surface area contributed by atoms with Crippen molar-refractivity contribution in [2.24, 2.45) is 0 Å². The fourth-order valence-electron chi connectivity index (χ4n) is 2.69. The summed E-state index contributed by atoms with van der Waals surface area (Å²) in [6.07, 6.45) is 0.809. The molecule has 2 N–H and O–H groups in total. The predicted octanol–water partition coefficient (Wildman–Crippen LogP) is 2.85. The number of para-hydroxylation sites is 2. The Morgan fingerprint density at radius 1 is 1.41 bits per heavy atom. The summed E-state index contributed by atoms with van der Waals surface area (Å²) in [6.45, 7) is 3.99. The summed E-state index contributed by atoms with van der Waals surface area (Å²) in [5, 5.41) is 22.3. The first-order chi connectivity index (χ1) is 10.7. The number of aromatic nitrogens is 2. The summed E-state index contributed by atoms with van der Waals surface area (Å²) in [7, 11) is 0. The largest absolute Gasteiger partial charge is 0.394 e. The molecule has 0 bridgehead atoms. The van der Waals surface area contributed by atoms with Gasteiger partial charge < -0.3 is 10.4 Å². The molecule has 0 aliphatic rings. The van der Waals surface area contributed by atoms with Gasteiger partial charge in [0.25, 0.3) is 0 Å². The second-order valence-electron chi connectivity index (χ2n) is 5.39. The summed E-state index contributed by atoms with van der Waals surface area (Å²) >= 11 is 0.